The van der Waals surface area contributed by atoms with Crippen LogP contribution in [0.25, 0.3) is 11.1 Å². The number of amides is 1. The molecule has 192 valence electrons. The third-order valence-corrected chi connectivity index (χ3v) is 8.31. The number of phenols is 1. The minimum Gasteiger partial charge on any atom is -0.507 e. The van der Waals surface area contributed by atoms with Crippen LogP contribution in [0.15, 0.2) is 30.6 Å². The second kappa shape index (κ2) is 8.54. The average molecular weight is 526 g/mol. The summed E-state index contributed by atoms with van der Waals surface area (Å²) >= 11 is 6.36. The Hall–Kier alpha value is -3.47. The number of phenolic OH excluding ortho intramolecular Hbond substituents is 1. The maximum atomic E-state index is 13.8. The fourth-order valence-electron chi connectivity index (χ4n) is 6.45. The van der Waals surface area contributed by atoms with Crippen LogP contribution >= 0.6 is 11.6 Å². The summed E-state index contributed by atoms with van der Waals surface area (Å²) in [6.45, 7) is 0. The Morgan fingerprint density at radius 1 is 1.14 bits per heavy atom. The molecule has 10 nitrogen and oxygen atoms in total. The first-order valence-corrected chi connectivity index (χ1v) is 12.1. The first kappa shape index (κ1) is 25.2. The predicted molar refractivity (Wildman–Crippen MR) is 130 cm³/mol. The number of nitrogens with two attached hydrogens (primary N) is 1. The number of fused-ring (bicyclic) bond motifs is 3. The van der Waals surface area contributed by atoms with Crippen LogP contribution in [0.1, 0.15) is 22.3 Å². The van der Waals surface area contributed by atoms with Crippen LogP contribution in [0.5, 0.6) is 5.75 Å². The fourth-order valence-corrected chi connectivity index (χ4v) is 6.67. The molecule has 0 spiro atoms. The van der Waals surface area contributed by atoms with Crippen LogP contribution in [0.2, 0.25) is 5.02 Å². The molecule has 1 amide bonds. The normalized spacial score (nSPS) is 31.1. The van der Waals surface area contributed by atoms with Crippen molar-refractivity contribution in [3.8, 4) is 16.9 Å². The Kier molecular flexibility index (Phi) is 5.82. The van der Waals surface area contributed by atoms with E-state index in [4.69, 9.17) is 17.3 Å². The van der Waals surface area contributed by atoms with E-state index in [-0.39, 0.29) is 24.2 Å². The van der Waals surface area contributed by atoms with Crippen molar-refractivity contribution in [2.75, 3.05) is 14.1 Å². The maximum Gasteiger partial charge on any atom is 0.235 e. The highest BCUT2D eigenvalue weighted by molar-refractivity contribution is 6.34. The second-order valence-corrected chi connectivity index (χ2v) is 10.5. The van der Waals surface area contributed by atoms with Gasteiger partial charge in [-0.25, -0.2) is 0 Å². The van der Waals surface area contributed by atoms with E-state index in [0.29, 0.717) is 21.7 Å². The molecule has 0 saturated heterocycles. The van der Waals surface area contributed by atoms with Crippen molar-refractivity contribution in [2.24, 2.45) is 29.4 Å². The summed E-state index contributed by atoms with van der Waals surface area (Å²) in [7, 11) is 3.08. The van der Waals surface area contributed by atoms with E-state index in [1.807, 2.05) is 0 Å². The molecule has 3 aliphatic rings. The highest BCUT2D eigenvalue weighted by Crippen LogP contribution is 2.52. The Morgan fingerprint density at radius 2 is 1.84 bits per heavy atom. The van der Waals surface area contributed by atoms with Crippen molar-refractivity contribution >= 4 is 40.6 Å². The smallest absolute Gasteiger partial charge is 0.235 e. The Labute approximate surface area is 216 Å². The zero-order chi connectivity index (χ0) is 27.0. The number of pyridine rings is 1. The highest BCUT2D eigenvalue weighted by atomic mass is 35.5. The van der Waals surface area contributed by atoms with Gasteiger partial charge in [0.05, 0.1) is 22.5 Å². The molecule has 1 aromatic heterocycles. The van der Waals surface area contributed by atoms with Crippen LogP contribution in [0.3, 0.4) is 0 Å². The summed E-state index contributed by atoms with van der Waals surface area (Å²) in [6.07, 6.45) is 3.11. The summed E-state index contributed by atoms with van der Waals surface area (Å²) in [5, 5.41) is 22.6. The van der Waals surface area contributed by atoms with E-state index in [2.05, 4.69) is 4.98 Å². The molecule has 11 heteroatoms. The third-order valence-electron chi connectivity index (χ3n) is 8.01. The van der Waals surface area contributed by atoms with Crippen molar-refractivity contribution in [2.45, 2.75) is 24.5 Å². The zero-order valence-corrected chi connectivity index (χ0v) is 20.7. The van der Waals surface area contributed by atoms with Crippen LogP contribution in [-0.2, 0) is 25.6 Å². The Bertz CT molecular complexity index is 1410. The van der Waals surface area contributed by atoms with Crippen molar-refractivity contribution < 1.29 is 34.2 Å². The van der Waals surface area contributed by atoms with Gasteiger partial charge in [-0.15, -0.1) is 0 Å². The predicted octanol–water partition coefficient (Wildman–Crippen LogP) is 0.582. The number of Topliss-reactive ketones (excluding diaryl/α,β-unsaturated/α-hetero) is 4. The van der Waals surface area contributed by atoms with Gasteiger partial charge in [-0.2, -0.15) is 0 Å². The lowest BCUT2D eigenvalue weighted by Crippen LogP contribution is -2.74. The number of primary amides is 1. The number of carbonyl (C=O) groups is 5. The van der Waals surface area contributed by atoms with Crippen LogP contribution in [0.4, 0.5) is 0 Å². The van der Waals surface area contributed by atoms with E-state index in [9.17, 15) is 34.2 Å². The molecule has 2 fully saturated rings. The summed E-state index contributed by atoms with van der Waals surface area (Å²) in [6, 6.07) is 3.46. The molecule has 2 saturated carbocycles. The quantitative estimate of drug-likeness (QED) is 0.485. The summed E-state index contributed by atoms with van der Waals surface area (Å²) in [5.74, 6) is -10.8. The highest BCUT2D eigenvalue weighted by Gasteiger charge is 2.69. The fraction of sp³-hybridized carbons (Fsp3) is 0.385. The van der Waals surface area contributed by atoms with Gasteiger partial charge in [-0.1, -0.05) is 17.7 Å². The zero-order valence-electron chi connectivity index (χ0n) is 20.0. The number of ketones is 4. The van der Waals surface area contributed by atoms with E-state index >= 15 is 0 Å². The molecule has 3 aliphatic carbocycles. The number of halogens is 1. The minimum absolute atomic E-state index is 0.0247. The Morgan fingerprint density at radius 3 is 2.46 bits per heavy atom. The number of hydrogen-bond donors (Lipinski definition) is 3. The first-order valence-electron chi connectivity index (χ1n) is 11.7. The molecule has 4 N–H and O–H groups in total. The second-order valence-electron chi connectivity index (χ2n) is 10.1. The van der Waals surface area contributed by atoms with Gasteiger partial charge in [0.2, 0.25) is 5.91 Å². The number of aliphatic hydroxyl groups is 1. The molecule has 0 aliphatic heterocycles. The van der Waals surface area contributed by atoms with Crippen molar-refractivity contribution in [1.29, 1.82) is 0 Å². The summed E-state index contributed by atoms with van der Waals surface area (Å²) in [4.78, 5) is 71.5. The number of aromatic nitrogens is 1. The van der Waals surface area contributed by atoms with E-state index in [0.717, 1.165) is 0 Å². The number of hydrogen-bond acceptors (Lipinski definition) is 9. The Balaban J connectivity index is 1.67. The van der Waals surface area contributed by atoms with E-state index in [1.165, 1.54) is 37.5 Å². The van der Waals surface area contributed by atoms with E-state index in [1.54, 1.807) is 12.1 Å². The van der Waals surface area contributed by atoms with Crippen LogP contribution in [0, 0.1) is 23.7 Å². The van der Waals surface area contributed by atoms with Gasteiger partial charge in [-0.05, 0) is 56.1 Å². The van der Waals surface area contributed by atoms with Gasteiger partial charge in [-0.3, -0.25) is 33.9 Å². The lowest BCUT2D eigenvalue weighted by Gasteiger charge is -2.52. The molecule has 2 unspecified atom stereocenters. The largest absolute Gasteiger partial charge is 0.507 e. The monoisotopic (exact) mass is 525 g/mol. The van der Waals surface area contributed by atoms with Gasteiger partial charge < -0.3 is 15.9 Å². The number of aromatic hydroxyl groups is 1. The van der Waals surface area contributed by atoms with Crippen molar-refractivity contribution in [1.82, 2.24) is 9.88 Å². The maximum absolute atomic E-state index is 13.8. The van der Waals surface area contributed by atoms with Gasteiger partial charge in [0.1, 0.15) is 5.75 Å². The number of likely N-dealkylation sites (N-methyl/N-ethyl adjacent to an activating group) is 1. The molecule has 6 atom stereocenters. The van der Waals surface area contributed by atoms with Crippen molar-refractivity contribution in [3.05, 3.63) is 46.7 Å². The SMILES string of the molecule is CN(C)[C@@H]1C(=O)C(C(N)=O)C(=O)[C@@]2(O)C(=O)C3C(=O)c4c(O)ccc(-c5ccncc5Cl)c4C[C@H]3C[C@@H]12. The number of carbonyl (C=O) groups excluding carboxylic acids is 5. The average Bonchev–Trinajstić information content (AvgIpc) is 2.82. The molecule has 37 heavy (non-hydrogen) atoms. The van der Waals surface area contributed by atoms with Gasteiger partial charge in [0, 0.05) is 23.9 Å². The lowest BCUT2D eigenvalue weighted by atomic mass is 9.52. The summed E-state index contributed by atoms with van der Waals surface area (Å²) < 4.78 is 0. The molecular formula is C26H24ClN3O7. The molecule has 2 aromatic rings. The minimum atomic E-state index is -2.75. The molecule has 0 radical (unpaired) electrons. The first-order chi connectivity index (χ1) is 17.4. The van der Waals surface area contributed by atoms with Crippen molar-refractivity contribution in [3.63, 3.8) is 0 Å². The summed E-state index contributed by atoms with van der Waals surface area (Å²) in [5.41, 5.74) is 4.12. The molecule has 0 bridgehead atoms. The standard InChI is InChI=1S/C26H24ClN3O7/c1-30(2)20-14-8-10-7-13-11(12-5-6-29-9-15(12)27)3-4-16(31)18(13)21(32)17(10)23(34)26(14,37)24(35)19(22(20)33)25(28)36/h3-6,9-10,14,17,19-20,31,37H,7-8H2,1-2H3,(H2,28,36)/t10-,14-,17?,19?,20-,26-/m0/s1. The molecular weight excluding hydrogens is 502 g/mol. The van der Waals surface area contributed by atoms with Gasteiger partial charge >= 0.3 is 0 Å². The number of rotatable bonds is 3. The number of benzene rings is 1. The molecule has 1 aromatic carbocycles. The molecule has 1 heterocycles. The van der Waals surface area contributed by atoms with Gasteiger partial charge in [0.15, 0.2) is 34.7 Å². The van der Waals surface area contributed by atoms with Crippen LogP contribution in [-0.4, -0.2) is 74.9 Å². The number of nitrogens with zero attached hydrogens (tertiary/aromatic N) is 2. The van der Waals surface area contributed by atoms with E-state index < -0.39 is 64.4 Å². The van der Waals surface area contributed by atoms with Gasteiger partial charge in [0.25, 0.3) is 0 Å². The molecule has 5 rings (SSSR count). The topological polar surface area (TPSA) is 168 Å². The third kappa shape index (κ3) is 3.39. The van der Waals surface area contributed by atoms with Crippen LogP contribution < -0.4 is 5.73 Å². The lowest BCUT2D eigenvalue weighted by molar-refractivity contribution is -0.181.